The van der Waals surface area contributed by atoms with Crippen LogP contribution in [0.15, 0.2) is 0 Å². The van der Waals surface area contributed by atoms with Crippen LogP contribution in [0.3, 0.4) is 0 Å². The van der Waals surface area contributed by atoms with Gasteiger partial charge in [-0.2, -0.15) is 0 Å². The minimum atomic E-state index is -0.0450. The highest BCUT2D eigenvalue weighted by Crippen LogP contribution is 2.17. The van der Waals surface area contributed by atoms with E-state index in [1.54, 1.807) is 0 Å². The van der Waals surface area contributed by atoms with Gasteiger partial charge in [0.05, 0.1) is 0 Å². The number of carbonyl (C=O) groups is 2. The maximum absolute atomic E-state index is 12.1. The fraction of sp³-hybridized carbons (Fsp3) is 0.905. The maximum Gasteiger partial charge on any atom is 0.317 e. The predicted molar refractivity (Wildman–Crippen MR) is 114 cm³/mol. The van der Waals surface area contributed by atoms with E-state index in [-0.39, 0.29) is 26.9 Å². The molecule has 0 spiro atoms. The predicted octanol–water partition coefficient (Wildman–Crippen LogP) is 4.50. The second-order valence-corrected chi connectivity index (χ2v) is 7.58. The number of hydrogen-bond acceptors (Lipinski definition) is 2. The van der Waals surface area contributed by atoms with Gasteiger partial charge in [-0.3, -0.25) is 0 Å². The highest BCUT2D eigenvalue weighted by molar-refractivity contribution is 5.75. The number of hydrogen-bond donors (Lipinski definition) is 3. The van der Waals surface area contributed by atoms with Gasteiger partial charge >= 0.3 is 12.1 Å². The minimum Gasteiger partial charge on any atom is -0.338 e. The van der Waals surface area contributed by atoms with Gasteiger partial charge in [0.1, 0.15) is 0 Å². The molecular weight excluding hydrogens is 340 g/mol. The number of amides is 4. The lowest BCUT2D eigenvalue weighted by Crippen LogP contribution is -2.44. The molecule has 6 heteroatoms. The molecule has 1 aliphatic heterocycles. The Kier molecular flexibility index (Phi) is 13.8. The molecule has 0 radical (unpaired) electrons. The van der Waals surface area contributed by atoms with Gasteiger partial charge in [0.25, 0.3) is 0 Å². The van der Waals surface area contributed by atoms with Crippen LogP contribution >= 0.6 is 0 Å². The SMILES string of the molecule is C.C.CCCCNC(=O)N1CCC(CNC(=O)NC2CCCCCCC2)C1. The summed E-state index contributed by atoms with van der Waals surface area (Å²) in [5.74, 6) is 0.361. The zero-order valence-electron chi connectivity index (χ0n) is 15.8. The van der Waals surface area contributed by atoms with E-state index in [1.807, 2.05) is 4.90 Å². The first kappa shape index (κ1) is 25.5. The number of likely N-dealkylation sites (tertiary alicyclic amines) is 1. The molecule has 3 N–H and O–H groups in total. The third-order valence-corrected chi connectivity index (χ3v) is 5.37. The molecule has 27 heavy (non-hydrogen) atoms. The molecule has 1 saturated heterocycles. The van der Waals surface area contributed by atoms with E-state index in [0.717, 1.165) is 51.7 Å². The summed E-state index contributed by atoms with van der Waals surface area (Å²) in [6, 6.07) is 0.316. The third-order valence-electron chi connectivity index (χ3n) is 5.37. The molecule has 2 aliphatic rings. The number of nitrogens with one attached hydrogen (secondary N) is 3. The Bertz CT molecular complexity index is 409. The third kappa shape index (κ3) is 9.87. The molecule has 2 rings (SSSR count). The summed E-state index contributed by atoms with van der Waals surface area (Å²) in [5, 5.41) is 9.11. The van der Waals surface area contributed by atoms with Crippen LogP contribution in [-0.4, -0.2) is 49.2 Å². The summed E-state index contributed by atoms with van der Waals surface area (Å²) in [6.07, 6.45) is 11.6. The lowest BCUT2D eigenvalue weighted by Gasteiger charge is -2.22. The van der Waals surface area contributed by atoms with E-state index < -0.39 is 0 Å². The van der Waals surface area contributed by atoms with Crippen LogP contribution in [-0.2, 0) is 0 Å². The second-order valence-electron chi connectivity index (χ2n) is 7.58. The number of rotatable bonds is 6. The summed E-state index contributed by atoms with van der Waals surface area (Å²) in [7, 11) is 0. The van der Waals surface area contributed by atoms with E-state index in [0.29, 0.717) is 18.5 Å². The summed E-state index contributed by atoms with van der Waals surface area (Å²) in [4.78, 5) is 26.1. The van der Waals surface area contributed by atoms with E-state index in [9.17, 15) is 9.59 Å². The van der Waals surface area contributed by atoms with Crippen molar-refractivity contribution in [1.29, 1.82) is 0 Å². The topological polar surface area (TPSA) is 73.5 Å². The Morgan fingerprint density at radius 1 is 0.963 bits per heavy atom. The summed E-state index contributed by atoms with van der Waals surface area (Å²) in [6.45, 7) is 5.04. The quantitative estimate of drug-likeness (QED) is 0.590. The largest absolute Gasteiger partial charge is 0.338 e. The van der Waals surface area contributed by atoms with E-state index in [4.69, 9.17) is 0 Å². The lowest BCUT2D eigenvalue weighted by atomic mass is 9.97. The summed E-state index contributed by atoms with van der Waals surface area (Å²) >= 11 is 0. The van der Waals surface area contributed by atoms with Gasteiger partial charge in [0.2, 0.25) is 0 Å². The van der Waals surface area contributed by atoms with Crippen LogP contribution in [0.4, 0.5) is 9.59 Å². The van der Waals surface area contributed by atoms with Gasteiger partial charge in [0.15, 0.2) is 0 Å². The molecule has 1 unspecified atom stereocenters. The first-order valence-electron chi connectivity index (χ1n) is 10.3. The van der Waals surface area contributed by atoms with E-state index in [1.165, 1.54) is 32.1 Å². The Labute approximate surface area is 167 Å². The van der Waals surface area contributed by atoms with Crippen LogP contribution in [0.2, 0.25) is 0 Å². The second kappa shape index (κ2) is 14.6. The average molecular weight is 385 g/mol. The fourth-order valence-corrected chi connectivity index (χ4v) is 3.74. The van der Waals surface area contributed by atoms with Crippen molar-refractivity contribution in [3.63, 3.8) is 0 Å². The molecule has 1 aliphatic carbocycles. The van der Waals surface area contributed by atoms with Crippen LogP contribution in [0.1, 0.15) is 86.0 Å². The van der Waals surface area contributed by atoms with Crippen molar-refractivity contribution >= 4 is 12.1 Å². The molecular formula is C21H44N4O2. The molecule has 0 aromatic carbocycles. The molecule has 0 aromatic rings. The van der Waals surface area contributed by atoms with E-state index in [2.05, 4.69) is 22.9 Å². The molecule has 2 fully saturated rings. The first-order chi connectivity index (χ1) is 12.2. The molecule has 1 atom stereocenters. The number of unbranched alkanes of at least 4 members (excludes halogenated alkanes) is 1. The zero-order valence-corrected chi connectivity index (χ0v) is 15.8. The fourth-order valence-electron chi connectivity index (χ4n) is 3.74. The monoisotopic (exact) mass is 384 g/mol. The van der Waals surface area contributed by atoms with E-state index >= 15 is 0 Å². The first-order valence-corrected chi connectivity index (χ1v) is 10.3. The lowest BCUT2D eigenvalue weighted by molar-refractivity contribution is 0.206. The van der Waals surface area contributed by atoms with Crippen molar-refractivity contribution in [2.75, 3.05) is 26.2 Å². The van der Waals surface area contributed by atoms with Gasteiger partial charge in [-0.25, -0.2) is 9.59 Å². The van der Waals surface area contributed by atoms with Crippen molar-refractivity contribution < 1.29 is 9.59 Å². The summed E-state index contributed by atoms with van der Waals surface area (Å²) < 4.78 is 0. The van der Waals surface area contributed by atoms with Gasteiger partial charge < -0.3 is 20.9 Å². The molecule has 6 nitrogen and oxygen atoms in total. The van der Waals surface area contributed by atoms with Crippen molar-refractivity contribution in [3.05, 3.63) is 0 Å². The maximum atomic E-state index is 12.1. The van der Waals surface area contributed by atoms with Crippen LogP contribution in [0.5, 0.6) is 0 Å². The van der Waals surface area contributed by atoms with Gasteiger partial charge in [-0.05, 0) is 31.6 Å². The number of urea groups is 2. The van der Waals surface area contributed by atoms with Gasteiger partial charge in [0, 0.05) is 32.2 Å². The van der Waals surface area contributed by atoms with Crippen LogP contribution < -0.4 is 16.0 Å². The standard InChI is InChI=1S/C19H36N4O2.2CH4/c1-2-3-12-20-19(25)23-13-11-16(15-23)14-21-18(24)22-17-9-7-5-4-6-8-10-17;;/h16-17H,2-15H2,1H3,(H,20,25)(H2,21,22,24);2*1H4. The van der Waals surface area contributed by atoms with Crippen LogP contribution in [0, 0.1) is 5.92 Å². The normalized spacial score (nSPS) is 20.5. The minimum absolute atomic E-state index is 0. The molecule has 160 valence electrons. The van der Waals surface area contributed by atoms with Crippen molar-refractivity contribution in [1.82, 2.24) is 20.9 Å². The molecule has 1 heterocycles. The Morgan fingerprint density at radius 2 is 1.63 bits per heavy atom. The number of nitrogens with zero attached hydrogens (tertiary/aromatic N) is 1. The van der Waals surface area contributed by atoms with Crippen molar-refractivity contribution in [2.24, 2.45) is 5.92 Å². The smallest absolute Gasteiger partial charge is 0.317 e. The Hall–Kier alpha value is -1.46. The van der Waals surface area contributed by atoms with Gasteiger partial charge in [-0.15, -0.1) is 0 Å². The Balaban J connectivity index is 0.00000338. The molecule has 1 saturated carbocycles. The molecule has 0 bridgehead atoms. The highest BCUT2D eigenvalue weighted by Gasteiger charge is 2.26. The van der Waals surface area contributed by atoms with Gasteiger partial charge in [-0.1, -0.05) is 60.3 Å². The van der Waals surface area contributed by atoms with Crippen molar-refractivity contribution in [3.8, 4) is 0 Å². The van der Waals surface area contributed by atoms with Crippen LogP contribution in [0.25, 0.3) is 0 Å². The average Bonchev–Trinajstić information content (AvgIpc) is 3.04. The zero-order chi connectivity index (χ0) is 17.9. The molecule has 0 aromatic heterocycles. The molecule has 4 amide bonds. The summed E-state index contributed by atoms with van der Waals surface area (Å²) in [5.41, 5.74) is 0. The highest BCUT2D eigenvalue weighted by atomic mass is 16.2. The number of carbonyl (C=O) groups excluding carboxylic acids is 2. The Morgan fingerprint density at radius 3 is 2.30 bits per heavy atom. The van der Waals surface area contributed by atoms with Crippen molar-refractivity contribution in [2.45, 2.75) is 92.0 Å².